The lowest BCUT2D eigenvalue weighted by Crippen LogP contribution is -2.36. The maximum atomic E-state index is 12.6. The van der Waals surface area contributed by atoms with E-state index in [-0.39, 0.29) is 11.7 Å². The monoisotopic (exact) mass is 282 g/mol. The Hall–Kier alpha value is -2.49. The Labute approximate surface area is 123 Å². The number of nitrogen functional groups attached to an aromatic ring is 1. The maximum absolute atomic E-state index is 12.6. The van der Waals surface area contributed by atoms with Crippen molar-refractivity contribution in [2.75, 3.05) is 12.3 Å². The standard InChI is InChI=1S/C17H18N2O2/c1-11-8-15(20)4-5-16(11)17(21)19-7-6-12-2-3-14(18)9-13(12)10-19/h2-5,8-9,20H,6-7,10,18H2,1H3. The first-order chi connectivity index (χ1) is 10.0. The Bertz CT molecular complexity index is 710. The van der Waals surface area contributed by atoms with Crippen LogP contribution in [0.2, 0.25) is 0 Å². The quantitative estimate of drug-likeness (QED) is 0.790. The Balaban J connectivity index is 1.87. The third kappa shape index (κ3) is 2.57. The van der Waals surface area contributed by atoms with Crippen LogP contribution in [0.4, 0.5) is 5.69 Å². The van der Waals surface area contributed by atoms with Gasteiger partial charge in [-0.2, -0.15) is 0 Å². The molecule has 4 heteroatoms. The van der Waals surface area contributed by atoms with Crippen molar-refractivity contribution in [3.05, 3.63) is 58.7 Å². The molecule has 0 aromatic heterocycles. The third-order valence-corrected chi connectivity index (χ3v) is 3.97. The van der Waals surface area contributed by atoms with E-state index in [4.69, 9.17) is 5.73 Å². The molecule has 0 unspecified atom stereocenters. The molecule has 1 heterocycles. The Morgan fingerprint density at radius 2 is 2.00 bits per heavy atom. The molecule has 0 spiro atoms. The molecule has 0 fully saturated rings. The topological polar surface area (TPSA) is 66.6 Å². The van der Waals surface area contributed by atoms with Gasteiger partial charge in [0.25, 0.3) is 5.91 Å². The molecule has 108 valence electrons. The summed E-state index contributed by atoms with van der Waals surface area (Å²) in [5, 5.41) is 9.45. The van der Waals surface area contributed by atoms with Crippen LogP contribution in [-0.2, 0) is 13.0 Å². The third-order valence-electron chi connectivity index (χ3n) is 3.97. The fourth-order valence-corrected chi connectivity index (χ4v) is 2.81. The van der Waals surface area contributed by atoms with Crippen LogP contribution in [0.25, 0.3) is 0 Å². The van der Waals surface area contributed by atoms with E-state index in [0.717, 1.165) is 23.2 Å². The zero-order valence-corrected chi connectivity index (χ0v) is 12.0. The average molecular weight is 282 g/mol. The summed E-state index contributed by atoms with van der Waals surface area (Å²) in [6, 6.07) is 10.7. The molecule has 0 aliphatic carbocycles. The van der Waals surface area contributed by atoms with E-state index in [1.165, 1.54) is 5.56 Å². The van der Waals surface area contributed by atoms with Crippen LogP contribution >= 0.6 is 0 Å². The summed E-state index contributed by atoms with van der Waals surface area (Å²) in [5.74, 6) is 0.182. The number of aryl methyl sites for hydroxylation is 1. The van der Waals surface area contributed by atoms with Gasteiger partial charge in [-0.25, -0.2) is 0 Å². The molecular formula is C17H18N2O2. The first-order valence-electron chi connectivity index (χ1n) is 7.01. The summed E-state index contributed by atoms with van der Waals surface area (Å²) in [7, 11) is 0. The van der Waals surface area contributed by atoms with Crippen molar-refractivity contribution in [1.82, 2.24) is 4.90 Å². The van der Waals surface area contributed by atoms with Crippen molar-refractivity contribution >= 4 is 11.6 Å². The average Bonchev–Trinajstić information content (AvgIpc) is 2.46. The minimum Gasteiger partial charge on any atom is -0.508 e. The number of nitrogens with zero attached hydrogens (tertiary/aromatic N) is 1. The van der Waals surface area contributed by atoms with Gasteiger partial charge in [-0.3, -0.25) is 4.79 Å². The number of fused-ring (bicyclic) bond motifs is 1. The molecule has 3 N–H and O–H groups in total. The summed E-state index contributed by atoms with van der Waals surface area (Å²) in [4.78, 5) is 14.5. The molecule has 0 saturated heterocycles. The van der Waals surface area contributed by atoms with Crippen molar-refractivity contribution in [2.45, 2.75) is 19.9 Å². The van der Waals surface area contributed by atoms with Crippen LogP contribution < -0.4 is 5.73 Å². The molecule has 3 rings (SSSR count). The number of anilines is 1. The number of carbonyl (C=O) groups is 1. The number of hydrogen-bond donors (Lipinski definition) is 2. The van der Waals surface area contributed by atoms with E-state index in [2.05, 4.69) is 0 Å². The van der Waals surface area contributed by atoms with Crippen LogP contribution in [0, 0.1) is 6.92 Å². The largest absolute Gasteiger partial charge is 0.508 e. The molecule has 0 saturated carbocycles. The molecule has 0 atom stereocenters. The predicted octanol–water partition coefficient (Wildman–Crippen LogP) is 2.48. The highest BCUT2D eigenvalue weighted by molar-refractivity contribution is 5.96. The second-order valence-corrected chi connectivity index (χ2v) is 5.50. The Morgan fingerprint density at radius 3 is 2.76 bits per heavy atom. The number of hydrogen-bond acceptors (Lipinski definition) is 3. The number of carbonyl (C=O) groups excluding carboxylic acids is 1. The van der Waals surface area contributed by atoms with Gasteiger partial charge in [0.05, 0.1) is 0 Å². The van der Waals surface area contributed by atoms with Crippen LogP contribution in [-0.4, -0.2) is 22.5 Å². The highest BCUT2D eigenvalue weighted by atomic mass is 16.3. The van der Waals surface area contributed by atoms with Crippen LogP contribution in [0.1, 0.15) is 27.0 Å². The van der Waals surface area contributed by atoms with Gasteiger partial charge in [0.2, 0.25) is 0 Å². The van der Waals surface area contributed by atoms with E-state index in [0.29, 0.717) is 18.7 Å². The minimum atomic E-state index is 0.000532. The Kier molecular flexibility index (Phi) is 3.29. The lowest BCUT2D eigenvalue weighted by atomic mass is 9.98. The van der Waals surface area contributed by atoms with Gasteiger partial charge >= 0.3 is 0 Å². The lowest BCUT2D eigenvalue weighted by Gasteiger charge is -2.29. The number of rotatable bonds is 1. The number of nitrogens with two attached hydrogens (primary N) is 1. The predicted molar refractivity (Wildman–Crippen MR) is 82.1 cm³/mol. The molecular weight excluding hydrogens is 264 g/mol. The number of phenols is 1. The lowest BCUT2D eigenvalue weighted by molar-refractivity contribution is 0.0734. The van der Waals surface area contributed by atoms with Crippen molar-refractivity contribution in [2.24, 2.45) is 0 Å². The molecule has 0 radical (unpaired) electrons. The normalized spacial score (nSPS) is 13.9. The fraction of sp³-hybridized carbons (Fsp3) is 0.235. The SMILES string of the molecule is Cc1cc(O)ccc1C(=O)N1CCc2ccc(N)cc2C1. The second kappa shape index (κ2) is 5.13. The molecule has 2 aromatic rings. The van der Waals surface area contributed by atoms with Crippen LogP contribution in [0.3, 0.4) is 0 Å². The highest BCUT2D eigenvalue weighted by Gasteiger charge is 2.22. The van der Waals surface area contributed by atoms with Gasteiger partial charge in [0.15, 0.2) is 0 Å². The van der Waals surface area contributed by atoms with E-state index >= 15 is 0 Å². The smallest absolute Gasteiger partial charge is 0.254 e. The summed E-state index contributed by atoms with van der Waals surface area (Å²) in [6.07, 6.45) is 0.846. The number of benzene rings is 2. The summed E-state index contributed by atoms with van der Waals surface area (Å²) in [5.41, 5.74) is 10.4. The van der Waals surface area contributed by atoms with Gasteiger partial charge in [-0.05, 0) is 60.4 Å². The molecule has 0 bridgehead atoms. The zero-order valence-electron chi connectivity index (χ0n) is 12.0. The van der Waals surface area contributed by atoms with Gasteiger partial charge in [-0.1, -0.05) is 6.07 Å². The van der Waals surface area contributed by atoms with Crippen molar-refractivity contribution < 1.29 is 9.90 Å². The van der Waals surface area contributed by atoms with Gasteiger partial charge in [0.1, 0.15) is 5.75 Å². The van der Waals surface area contributed by atoms with Crippen LogP contribution in [0.5, 0.6) is 5.75 Å². The molecule has 1 amide bonds. The summed E-state index contributed by atoms with van der Waals surface area (Å²) < 4.78 is 0. The molecule has 1 aliphatic heterocycles. The first-order valence-corrected chi connectivity index (χ1v) is 7.01. The molecule has 21 heavy (non-hydrogen) atoms. The molecule has 4 nitrogen and oxygen atoms in total. The van der Waals surface area contributed by atoms with E-state index < -0.39 is 0 Å². The zero-order chi connectivity index (χ0) is 15.0. The van der Waals surface area contributed by atoms with E-state index in [9.17, 15) is 9.90 Å². The molecule has 2 aromatic carbocycles. The number of aromatic hydroxyl groups is 1. The van der Waals surface area contributed by atoms with Crippen LogP contribution in [0.15, 0.2) is 36.4 Å². The highest BCUT2D eigenvalue weighted by Crippen LogP contribution is 2.24. The minimum absolute atomic E-state index is 0.000532. The van der Waals surface area contributed by atoms with Gasteiger partial charge < -0.3 is 15.7 Å². The number of amides is 1. The number of phenolic OH excluding ortho intramolecular Hbond substituents is 1. The second-order valence-electron chi connectivity index (χ2n) is 5.50. The first kappa shape index (κ1) is 13.5. The van der Waals surface area contributed by atoms with Gasteiger partial charge in [0, 0.05) is 24.3 Å². The molecule has 1 aliphatic rings. The van der Waals surface area contributed by atoms with E-state index in [1.54, 1.807) is 18.2 Å². The van der Waals surface area contributed by atoms with Crippen molar-refractivity contribution in [1.29, 1.82) is 0 Å². The summed E-state index contributed by atoms with van der Waals surface area (Å²) >= 11 is 0. The fourth-order valence-electron chi connectivity index (χ4n) is 2.81. The maximum Gasteiger partial charge on any atom is 0.254 e. The van der Waals surface area contributed by atoms with Gasteiger partial charge in [-0.15, -0.1) is 0 Å². The summed E-state index contributed by atoms with van der Waals surface area (Å²) in [6.45, 7) is 3.12. The Morgan fingerprint density at radius 1 is 1.19 bits per heavy atom. The van der Waals surface area contributed by atoms with E-state index in [1.807, 2.05) is 30.0 Å². The van der Waals surface area contributed by atoms with Crippen molar-refractivity contribution in [3.63, 3.8) is 0 Å². The van der Waals surface area contributed by atoms with Crippen molar-refractivity contribution in [3.8, 4) is 5.75 Å².